The van der Waals surface area contributed by atoms with Gasteiger partial charge >= 0.3 is 29.6 Å². The summed E-state index contributed by atoms with van der Waals surface area (Å²) >= 11 is 0. The fourth-order valence-corrected chi connectivity index (χ4v) is 0.144. The topological polar surface area (TPSA) is 81.5 Å². The molecule has 1 amide bonds. The summed E-state index contributed by atoms with van der Waals surface area (Å²) in [4.78, 5) is 12.8. The predicted octanol–water partition coefficient (Wildman–Crippen LogP) is -2.30. The molecule has 0 aromatic heterocycles. The van der Waals surface area contributed by atoms with E-state index >= 15 is 0 Å². The van der Waals surface area contributed by atoms with Gasteiger partial charge in [0.1, 0.15) is 5.91 Å². The van der Waals surface area contributed by atoms with Crippen molar-refractivity contribution in [3.05, 3.63) is 20.3 Å². The van der Waals surface area contributed by atoms with Crippen LogP contribution in [-0.4, -0.2) is 11.9 Å². The number of nitrogens with two attached hydrogens (primary N) is 2. The van der Waals surface area contributed by atoms with Crippen LogP contribution in [0.3, 0.4) is 0 Å². The Morgan fingerprint density at radius 3 is 1.54 bits per heavy atom. The Kier molecular flexibility index (Phi) is 25.4. The van der Waals surface area contributed by atoms with Crippen molar-refractivity contribution in [3.63, 3.8) is 0 Å². The van der Waals surface area contributed by atoms with Gasteiger partial charge in [-0.25, -0.2) is 4.99 Å². The van der Waals surface area contributed by atoms with Gasteiger partial charge in [-0.2, -0.15) is 20.8 Å². The molecule has 0 rings (SSSR count). The Morgan fingerprint density at radius 1 is 1.31 bits per heavy atom. The number of carbonyl (C=O) groups excluding carboxylic acids is 1. The Bertz CT molecular complexity index is 140. The van der Waals surface area contributed by atoms with Gasteiger partial charge in [-0.3, -0.25) is 0 Å². The molecule has 0 aromatic carbocycles. The van der Waals surface area contributed by atoms with Crippen molar-refractivity contribution in [2.45, 2.75) is 20.8 Å². The van der Waals surface area contributed by atoms with E-state index < -0.39 is 5.91 Å². The van der Waals surface area contributed by atoms with E-state index in [1.54, 1.807) is 0 Å². The van der Waals surface area contributed by atoms with E-state index in [9.17, 15) is 4.79 Å². The van der Waals surface area contributed by atoms with E-state index in [2.05, 4.69) is 32.7 Å². The molecule has 0 spiro atoms. The molecular weight excluding hydrogens is 177 g/mol. The number of guanidine groups is 1. The SMILES string of the molecule is C[C-](C)C.[CH2-]C(=O)N=C(N)N.[CH3-].[Na+]. The molecule has 0 heterocycles. The third-order valence-corrected chi connectivity index (χ3v) is 0.254. The van der Waals surface area contributed by atoms with Crippen molar-refractivity contribution < 1.29 is 34.4 Å². The van der Waals surface area contributed by atoms with Gasteiger partial charge in [0.25, 0.3) is 0 Å². The molecule has 0 saturated heterocycles. The fraction of sp³-hybridized carbons (Fsp3) is 0.375. The van der Waals surface area contributed by atoms with Gasteiger partial charge in [0, 0.05) is 0 Å². The van der Waals surface area contributed by atoms with Crippen molar-refractivity contribution in [2.75, 3.05) is 0 Å². The largest absolute Gasteiger partial charge is 1.00 e. The average molecular weight is 195 g/mol. The third kappa shape index (κ3) is 78.3. The molecule has 0 unspecified atom stereocenters. The van der Waals surface area contributed by atoms with Crippen LogP contribution in [0.2, 0.25) is 0 Å². The second-order valence-electron chi connectivity index (χ2n) is 2.43. The first-order chi connectivity index (χ1) is 4.86. The second-order valence-corrected chi connectivity index (χ2v) is 2.43. The first-order valence-electron chi connectivity index (χ1n) is 3.08. The van der Waals surface area contributed by atoms with E-state index in [4.69, 9.17) is 11.5 Å². The van der Waals surface area contributed by atoms with Crippen LogP contribution in [0.25, 0.3) is 0 Å². The summed E-state index contributed by atoms with van der Waals surface area (Å²) in [6.45, 7) is 9.14. The zero-order valence-corrected chi connectivity index (χ0v) is 11.2. The minimum Gasteiger partial charge on any atom is -0.370 e. The van der Waals surface area contributed by atoms with Crippen molar-refractivity contribution in [2.24, 2.45) is 16.5 Å². The minimum absolute atomic E-state index is 0. The summed E-state index contributed by atoms with van der Waals surface area (Å²) in [5.41, 5.74) is 9.52. The maximum Gasteiger partial charge on any atom is 1.00 e. The number of amides is 1. The van der Waals surface area contributed by atoms with Crippen molar-refractivity contribution in [3.8, 4) is 0 Å². The van der Waals surface area contributed by atoms with Crippen LogP contribution in [0.1, 0.15) is 20.8 Å². The van der Waals surface area contributed by atoms with Gasteiger partial charge in [-0.1, -0.05) is 0 Å². The zero-order valence-electron chi connectivity index (χ0n) is 9.22. The van der Waals surface area contributed by atoms with Crippen LogP contribution in [0, 0.1) is 20.3 Å². The summed E-state index contributed by atoms with van der Waals surface area (Å²) in [7, 11) is 0. The van der Waals surface area contributed by atoms with E-state index in [-0.39, 0.29) is 42.9 Å². The number of nitrogens with zero attached hydrogens (tertiary/aromatic N) is 1. The maximum absolute atomic E-state index is 9.80. The van der Waals surface area contributed by atoms with E-state index in [1.807, 2.05) is 0 Å². The molecule has 0 atom stereocenters. The van der Waals surface area contributed by atoms with Crippen LogP contribution in [-0.2, 0) is 4.79 Å². The van der Waals surface area contributed by atoms with Gasteiger partial charge in [-0.15, -0.1) is 0 Å². The zero-order chi connectivity index (χ0) is 9.44. The van der Waals surface area contributed by atoms with Crippen molar-refractivity contribution in [1.82, 2.24) is 0 Å². The van der Waals surface area contributed by atoms with Crippen LogP contribution in [0.5, 0.6) is 0 Å². The van der Waals surface area contributed by atoms with E-state index in [0.717, 1.165) is 0 Å². The van der Waals surface area contributed by atoms with Gasteiger partial charge in [-0.05, 0) is 0 Å². The van der Waals surface area contributed by atoms with Crippen molar-refractivity contribution in [1.29, 1.82) is 0 Å². The number of rotatable bonds is 0. The Balaban J connectivity index is -0.0000000600. The molecule has 0 aromatic rings. The first kappa shape index (κ1) is 23.0. The number of aliphatic imine (C=N–C) groups is 1. The number of hydrogen-bond donors (Lipinski definition) is 2. The Hall–Kier alpha value is -0.190. The normalized spacial score (nSPS) is 6.77. The summed E-state index contributed by atoms with van der Waals surface area (Å²) in [6, 6.07) is 0. The Labute approximate surface area is 103 Å². The molecule has 13 heavy (non-hydrogen) atoms. The smallest absolute Gasteiger partial charge is 0.370 e. The van der Waals surface area contributed by atoms with Gasteiger partial charge in [0.05, 0.1) is 0 Å². The molecule has 0 bridgehead atoms. The van der Waals surface area contributed by atoms with Crippen molar-refractivity contribution >= 4 is 11.9 Å². The molecule has 5 heteroatoms. The molecule has 4 N–H and O–H groups in total. The molecule has 0 aliphatic heterocycles. The molecular formula is C8H18N3NaO-2. The minimum atomic E-state index is -0.625. The quantitative estimate of drug-likeness (QED) is 0.197. The molecule has 74 valence electrons. The van der Waals surface area contributed by atoms with Gasteiger partial charge in [0.15, 0.2) is 5.96 Å². The summed E-state index contributed by atoms with van der Waals surface area (Å²) in [6.07, 6.45) is 0. The molecule has 0 fully saturated rings. The van der Waals surface area contributed by atoms with Gasteiger partial charge < -0.3 is 36.5 Å². The van der Waals surface area contributed by atoms with Gasteiger partial charge in [0.2, 0.25) is 0 Å². The Morgan fingerprint density at radius 2 is 1.54 bits per heavy atom. The molecule has 0 saturated carbocycles. The maximum atomic E-state index is 9.80. The van der Waals surface area contributed by atoms with Crippen LogP contribution in [0.15, 0.2) is 4.99 Å². The van der Waals surface area contributed by atoms with Crippen LogP contribution >= 0.6 is 0 Å². The monoisotopic (exact) mass is 195 g/mol. The standard InChI is InChI=1S/C4H9.C3H6N3O.CH3.Na/c1-4(2)3;1-2(7)6-3(4)5;;/h1-3H3;1H2,(H4,4,5,6,7);1H3;/q3*-1;+1. The summed E-state index contributed by atoms with van der Waals surface area (Å²) in [5, 5.41) is 0. The summed E-state index contributed by atoms with van der Waals surface area (Å²) < 4.78 is 0. The third-order valence-electron chi connectivity index (χ3n) is 0.254. The summed E-state index contributed by atoms with van der Waals surface area (Å²) in [5.74, 6) is 0.542. The molecule has 0 aliphatic carbocycles. The van der Waals surface area contributed by atoms with Crippen LogP contribution < -0.4 is 41.0 Å². The predicted molar refractivity (Wildman–Crippen MR) is 52.9 cm³/mol. The second kappa shape index (κ2) is 14.3. The fourth-order valence-electron chi connectivity index (χ4n) is 0.144. The molecule has 4 nitrogen and oxygen atoms in total. The number of carbonyl (C=O) groups is 1. The van der Waals surface area contributed by atoms with E-state index in [0.29, 0.717) is 0 Å². The van der Waals surface area contributed by atoms with Crippen LogP contribution in [0.4, 0.5) is 0 Å². The molecule has 0 radical (unpaired) electrons. The molecule has 0 aliphatic rings. The first-order valence-corrected chi connectivity index (χ1v) is 3.08. The number of hydrogen-bond acceptors (Lipinski definition) is 1. The average Bonchev–Trinajstić information content (AvgIpc) is 1.56. The van der Waals surface area contributed by atoms with E-state index in [1.165, 1.54) is 5.92 Å².